The molecule has 1 saturated carbocycles. The Hall–Kier alpha value is -3.07. The highest BCUT2D eigenvalue weighted by molar-refractivity contribution is 5.96. The summed E-state index contributed by atoms with van der Waals surface area (Å²) in [6, 6.07) is 17.2. The van der Waals surface area contributed by atoms with Crippen LogP contribution in [0, 0.1) is 11.8 Å². The van der Waals surface area contributed by atoms with Crippen LogP contribution in [0.5, 0.6) is 5.75 Å². The van der Waals surface area contributed by atoms with Gasteiger partial charge in [0.05, 0.1) is 5.56 Å². The third-order valence-corrected chi connectivity index (χ3v) is 7.11. The molecule has 0 aromatic heterocycles. The maximum absolute atomic E-state index is 11.2. The fraction of sp³-hybridized carbons (Fsp3) is 0.296. The van der Waals surface area contributed by atoms with Crippen LogP contribution in [0.15, 0.2) is 60.2 Å². The van der Waals surface area contributed by atoms with Gasteiger partial charge >= 0.3 is 5.97 Å². The van der Waals surface area contributed by atoms with E-state index in [1.807, 2.05) is 30.3 Å². The molecule has 30 heavy (non-hydrogen) atoms. The van der Waals surface area contributed by atoms with E-state index in [9.17, 15) is 15.0 Å². The molecule has 3 heteroatoms. The summed E-state index contributed by atoms with van der Waals surface area (Å²) in [5, 5.41) is 21.8. The van der Waals surface area contributed by atoms with Gasteiger partial charge in [-0.2, -0.15) is 0 Å². The number of hydrogen-bond acceptors (Lipinski definition) is 2. The molecule has 3 aromatic rings. The normalized spacial score (nSPS) is 21.1. The first kappa shape index (κ1) is 18.9. The van der Waals surface area contributed by atoms with Gasteiger partial charge in [0, 0.05) is 5.56 Å². The number of benzene rings is 3. The lowest BCUT2D eigenvalue weighted by atomic mass is 9.68. The molecule has 3 nitrogen and oxygen atoms in total. The number of phenols is 1. The highest BCUT2D eigenvalue weighted by atomic mass is 16.4. The van der Waals surface area contributed by atoms with Crippen molar-refractivity contribution in [1.29, 1.82) is 0 Å². The van der Waals surface area contributed by atoms with E-state index in [-0.39, 0.29) is 0 Å². The minimum absolute atomic E-state index is 0.299. The number of phenolic OH excluding ortho intramolecular Hbond substituents is 1. The van der Waals surface area contributed by atoms with Crippen LogP contribution < -0.4 is 0 Å². The van der Waals surface area contributed by atoms with E-state index in [2.05, 4.69) is 19.1 Å². The van der Waals surface area contributed by atoms with E-state index in [4.69, 9.17) is 0 Å². The van der Waals surface area contributed by atoms with E-state index in [0.29, 0.717) is 17.2 Å². The minimum atomic E-state index is -0.912. The molecule has 5 rings (SSSR count). The zero-order chi connectivity index (χ0) is 20.8. The maximum atomic E-state index is 11.2. The van der Waals surface area contributed by atoms with Crippen molar-refractivity contribution in [3.63, 3.8) is 0 Å². The van der Waals surface area contributed by atoms with Gasteiger partial charge in [-0.05, 0) is 95.8 Å². The van der Waals surface area contributed by atoms with Crippen molar-refractivity contribution in [1.82, 2.24) is 0 Å². The Morgan fingerprint density at radius 2 is 1.67 bits per heavy atom. The van der Waals surface area contributed by atoms with Crippen LogP contribution in [0.25, 0.3) is 27.5 Å². The zero-order valence-electron chi connectivity index (χ0n) is 17.2. The van der Waals surface area contributed by atoms with E-state index >= 15 is 0 Å². The first-order valence-corrected chi connectivity index (χ1v) is 10.8. The van der Waals surface area contributed by atoms with Crippen molar-refractivity contribution in [3.8, 4) is 16.9 Å². The number of fused-ring (bicyclic) bond motifs is 3. The first-order valence-electron chi connectivity index (χ1n) is 10.8. The van der Waals surface area contributed by atoms with Crippen molar-refractivity contribution in [2.24, 2.45) is 11.8 Å². The summed E-state index contributed by atoms with van der Waals surface area (Å²) in [5.41, 5.74) is 6.21. The smallest absolute Gasteiger partial charge is 0.335 e. The number of aromatic hydroxyl groups is 1. The number of carbonyl (C=O) groups is 1. The van der Waals surface area contributed by atoms with E-state index in [0.717, 1.165) is 39.8 Å². The highest BCUT2D eigenvalue weighted by Gasteiger charge is 2.31. The summed E-state index contributed by atoms with van der Waals surface area (Å²) in [5.74, 6) is 0.860. The minimum Gasteiger partial charge on any atom is -0.507 e. The van der Waals surface area contributed by atoms with Gasteiger partial charge in [-0.15, -0.1) is 0 Å². The van der Waals surface area contributed by atoms with E-state index in [1.165, 1.54) is 36.8 Å². The van der Waals surface area contributed by atoms with Gasteiger partial charge in [-0.25, -0.2) is 4.79 Å². The predicted octanol–water partition coefficient (Wildman–Crippen LogP) is 6.89. The molecule has 2 atom stereocenters. The maximum Gasteiger partial charge on any atom is 0.335 e. The molecule has 152 valence electrons. The molecule has 2 N–H and O–H groups in total. The molecule has 3 aromatic carbocycles. The Morgan fingerprint density at radius 3 is 2.50 bits per heavy atom. The first-order chi connectivity index (χ1) is 14.5. The number of carboxylic acids is 1. The van der Waals surface area contributed by atoms with Crippen LogP contribution in [-0.4, -0.2) is 16.2 Å². The molecule has 0 saturated heterocycles. The van der Waals surface area contributed by atoms with E-state index in [1.54, 1.807) is 12.1 Å². The zero-order valence-corrected chi connectivity index (χ0v) is 17.2. The quantitative estimate of drug-likeness (QED) is 0.505. The van der Waals surface area contributed by atoms with Crippen molar-refractivity contribution in [3.05, 3.63) is 71.3 Å². The summed E-state index contributed by atoms with van der Waals surface area (Å²) >= 11 is 0. The summed E-state index contributed by atoms with van der Waals surface area (Å²) in [7, 11) is 0. The summed E-state index contributed by atoms with van der Waals surface area (Å²) in [4.78, 5) is 11.2. The number of aromatic carboxylic acids is 1. The average Bonchev–Trinajstić information content (AvgIpc) is 2.76. The summed E-state index contributed by atoms with van der Waals surface area (Å²) in [6.07, 6.45) is 6.27. The van der Waals surface area contributed by atoms with Crippen molar-refractivity contribution in [2.75, 3.05) is 0 Å². The van der Waals surface area contributed by atoms with Crippen molar-refractivity contribution in [2.45, 2.75) is 39.0 Å². The van der Waals surface area contributed by atoms with Gasteiger partial charge in [0.2, 0.25) is 0 Å². The van der Waals surface area contributed by atoms with Crippen molar-refractivity contribution < 1.29 is 15.0 Å². The molecule has 0 spiro atoms. The molecule has 0 aliphatic heterocycles. The largest absolute Gasteiger partial charge is 0.507 e. The molecule has 2 unspecified atom stereocenters. The molecule has 0 amide bonds. The van der Waals surface area contributed by atoms with Gasteiger partial charge in [-0.3, -0.25) is 0 Å². The van der Waals surface area contributed by atoms with Crippen LogP contribution in [0.1, 0.15) is 54.9 Å². The standard InChI is InChI=1S/C27H26O3/c1-16-18-4-2-3-17(11-18)12-24(16)25-15-22(9-10-26(25)28)20-5-6-21-14-23(27(29)30)8-7-19(21)13-20/h5-10,13-15,17-18,28H,2-4,11-12H2,1H3,(H,29,30). The van der Waals surface area contributed by atoms with Gasteiger partial charge in [0.15, 0.2) is 0 Å². The fourth-order valence-electron chi connectivity index (χ4n) is 5.40. The Balaban J connectivity index is 1.56. The van der Waals surface area contributed by atoms with Gasteiger partial charge < -0.3 is 10.2 Å². The van der Waals surface area contributed by atoms with Crippen LogP contribution in [0.4, 0.5) is 0 Å². The van der Waals surface area contributed by atoms with Gasteiger partial charge in [0.1, 0.15) is 5.75 Å². The van der Waals surface area contributed by atoms with Crippen LogP contribution >= 0.6 is 0 Å². The molecule has 2 aliphatic carbocycles. The number of rotatable bonds is 3. The third kappa shape index (κ3) is 3.28. The summed E-state index contributed by atoms with van der Waals surface area (Å²) in [6.45, 7) is 2.25. The van der Waals surface area contributed by atoms with Crippen LogP contribution in [0.2, 0.25) is 0 Å². The molecular formula is C27H26O3. The molecule has 0 radical (unpaired) electrons. The van der Waals surface area contributed by atoms with Crippen molar-refractivity contribution >= 4 is 22.3 Å². The Bertz CT molecular complexity index is 1190. The second kappa shape index (κ2) is 7.32. The fourth-order valence-corrected chi connectivity index (χ4v) is 5.40. The van der Waals surface area contributed by atoms with Gasteiger partial charge in [0.25, 0.3) is 0 Å². The lowest BCUT2D eigenvalue weighted by Crippen LogP contribution is -2.22. The lowest BCUT2D eigenvalue weighted by Gasteiger charge is -2.37. The number of allylic oxidation sites excluding steroid dienone is 2. The Labute approximate surface area is 176 Å². The number of hydrogen-bond donors (Lipinski definition) is 2. The molecule has 2 aliphatic rings. The Kier molecular flexibility index (Phi) is 4.62. The molecule has 2 bridgehead atoms. The average molecular weight is 399 g/mol. The summed E-state index contributed by atoms with van der Waals surface area (Å²) < 4.78 is 0. The molecular weight excluding hydrogens is 372 g/mol. The van der Waals surface area contributed by atoms with Crippen LogP contribution in [0.3, 0.4) is 0 Å². The third-order valence-electron chi connectivity index (χ3n) is 7.11. The molecule has 1 fully saturated rings. The highest BCUT2D eigenvalue weighted by Crippen LogP contribution is 2.48. The monoisotopic (exact) mass is 398 g/mol. The van der Waals surface area contributed by atoms with Gasteiger partial charge in [-0.1, -0.05) is 42.7 Å². The predicted molar refractivity (Wildman–Crippen MR) is 121 cm³/mol. The lowest BCUT2D eigenvalue weighted by molar-refractivity contribution is 0.0697. The number of carboxylic acid groups (broad SMARTS) is 1. The topological polar surface area (TPSA) is 57.5 Å². The Morgan fingerprint density at radius 1 is 0.933 bits per heavy atom. The van der Waals surface area contributed by atoms with E-state index < -0.39 is 5.97 Å². The second-order valence-electron chi connectivity index (χ2n) is 8.91. The molecule has 0 heterocycles. The second-order valence-corrected chi connectivity index (χ2v) is 8.91. The SMILES string of the molecule is CC1=C(c2cc(-c3ccc4cc(C(=O)O)ccc4c3)ccc2O)CC2CCCC1C2. The van der Waals surface area contributed by atoms with Crippen LogP contribution in [-0.2, 0) is 0 Å².